The van der Waals surface area contributed by atoms with Crippen molar-refractivity contribution in [1.82, 2.24) is 5.32 Å². The van der Waals surface area contributed by atoms with Gasteiger partial charge in [-0.15, -0.1) is 0 Å². The number of rotatable bonds is 6. The molecule has 0 saturated carbocycles. The number of nitrogens with one attached hydrogen (secondary N) is 2. The highest BCUT2D eigenvalue weighted by atomic mass is 16.1. The van der Waals surface area contributed by atoms with Crippen molar-refractivity contribution in [3.05, 3.63) is 29.8 Å². The van der Waals surface area contributed by atoms with Gasteiger partial charge in [-0.2, -0.15) is 0 Å². The Morgan fingerprint density at radius 3 is 2.83 bits per heavy atom. The predicted octanol–water partition coefficient (Wildman–Crippen LogP) is 2.58. The van der Waals surface area contributed by atoms with E-state index in [4.69, 9.17) is 0 Å². The molecule has 1 saturated heterocycles. The summed E-state index contributed by atoms with van der Waals surface area (Å²) in [5.41, 5.74) is 2.20. The second-order valence-electron chi connectivity index (χ2n) is 5.00. The number of anilines is 1. The van der Waals surface area contributed by atoms with Crippen LogP contribution < -0.4 is 10.6 Å². The zero-order valence-electron chi connectivity index (χ0n) is 10.8. The molecule has 18 heavy (non-hydrogen) atoms. The fourth-order valence-electron chi connectivity index (χ4n) is 2.69. The van der Waals surface area contributed by atoms with Crippen LogP contribution in [0, 0.1) is 5.92 Å². The van der Waals surface area contributed by atoms with Crippen LogP contribution in [-0.2, 0) is 11.2 Å². The fraction of sp³-hybridized carbons (Fsp3) is 0.533. The lowest BCUT2D eigenvalue weighted by molar-refractivity contribution is -0.105. The molecule has 0 aromatic heterocycles. The second-order valence-corrected chi connectivity index (χ2v) is 5.00. The summed E-state index contributed by atoms with van der Waals surface area (Å²) in [7, 11) is 0. The Morgan fingerprint density at radius 2 is 2.06 bits per heavy atom. The molecule has 0 spiro atoms. The standard InChI is InChI=1S/C15H22N2O/c18-12-17-15-7-2-1-5-14(15)6-3-4-13-8-10-16-11-9-13/h1-2,5,7,12-13,16H,3-4,6,8-11H2,(H,17,18). The average Bonchev–Trinajstić information content (AvgIpc) is 2.42. The minimum Gasteiger partial charge on any atom is -0.328 e. The minimum atomic E-state index is 0.756. The highest BCUT2D eigenvalue weighted by Crippen LogP contribution is 2.21. The molecule has 1 fully saturated rings. The summed E-state index contributed by atoms with van der Waals surface area (Å²) in [6.45, 7) is 2.35. The van der Waals surface area contributed by atoms with Crippen molar-refractivity contribution in [2.45, 2.75) is 32.1 Å². The largest absolute Gasteiger partial charge is 0.328 e. The van der Waals surface area contributed by atoms with Crippen molar-refractivity contribution >= 4 is 12.1 Å². The van der Waals surface area contributed by atoms with Crippen molar-refractivity contribution in [3.8, 4) is 0 Å². The summed E-state index contributed by atoms with van der Waals surface area (Å²) in [5, 5.41) is 6.17. The van der Waals surface area contributed by atoms with Gasteiger partial charge in [0.25, 0.3) is 0 Å². The van der Waals surface area contributed by atoms with Crippen molar-refractivity contribution in [3.63, 3.8) is 0 Å². The van der Waals surface area contributed by atoms with E-state index >= 15 is 0 Å². The zero-order valence-corrected chi connectivity index (χ0v) is 10.8. The molecule has 1 aliphatic rings. The van der Waals surface area contributed by atoms with Gasteiger partial charge in [-0.05, 0) is 56.3 Å². The van der Waals surface area contributed by atoms with Crippen LogP contribution in [0.25, 0.3) is 0 Å². The number of aryl methyl sites for hydroxylation is 1. The van der Waals surface area contributed by atoms with E-state index in [0.29, 0.717) is 0 Å². The van der Waals surface area contributed by atoms with Crippen molar-refractivity contribution in [2.24, 2.45) is 5.92 Å². The van der Waals surface area contributed by atoms with E-state index in [1.165, 1.54) is 44.3 Å². The topological polar surface area (TPSA) is 41.1 Å². The van der Waals surface area contributed by atoms with Gasteiger partial charge in [0.05, 0.1) is 0 Å². The molecule has 3 heteroatoms. The van der Waals surface area contributed by atoms with Gasteiger partial charge in [-0.1, -0.05) is 24.6 Å². The molecule has 1 aromatic rings. The van der Waals surface area contributed by atoms with E-state index in [1.807, 2.05) is 18.2 Å². The minimum absolute atomic E-state index is 0.756. The Kier molecular flexibility index (Phi) is 5.21. The van der Waals surface area contributed by atoms with E-state index in [1.54, 1.807) is 0 Å². The van der Waals surface area contributed by atoms with E-state index in [2.05, 4.69) is 16.7 Å². The van der Waals surface area contributed by atoms with Crippen LogP contribution in [0.15, 0.2) is 24.3 Å². The Bertz CT molecular complexity index is 373. The van der Waals surface area contributed by atoms with Crippen molar-refractivity contribution in [1.29, 1.82) is 0 Å². The third-order valence-corrected chi connectivity index (χ3v) is 3.75. The first-order chi connectivity index (χ1) is 8.90. The molecule has 2 rings (SSSR count). The molecular weight excluding hydrogens is 224 g/mol. The molecule has 1 amide bonds. The number of hydrogen-bond donors (Lipinski definition) is 2. The summed E-state index contributed by atoms with van der Waals surface area (Å²) >= 11 is 0. The van der Waals surface area contributed by atoms with Crippen LogP contribution in [0.4, 0.5) is 5.69 Å². The lowest BCUT2D eigenvalue weighted by atomic mass is 9.91. The van der Waals surface area contributed by atoms with E-state index < -0.39 is 0 Å². The molecule has 1 heterocycles. The molecule has 3 nitrogen and oxygen atoms in total. The fourth-order valence-corrected chi connectivity index (χ4v) is 2.69. The van der Waals surface area contributed by atoms with Gasteiger partial charge >= 0.3 is 0 Å². The number of carbonyl (C=O) groups is 1. The van der Waals surface area contributed by atoms with Crippen molar-refractivity contribution in [2.75, 3.05) is 18.4 Å². The van der Waals surface area contributed by atoms with Crippen LogP contribution >= 0.6 is 0 Å². The smallest absolute Gasteiger partial charge is 0.211 e. The summed E-state index contributed by atoms with van der Waals surface area (Å²) in [6.07, 6.45) is 6.95. The van der Waals surface area contributed by atoms with E-state index in [-0.39, 0.29) is 0 Å². The molecule has 0 radical (unpaired) electrons. The maximum Gasteiger partial charge on any atom is 0.211 e. The zero-order chi connectivity index (χ0) is 12.6. The van der Waals surface area contributed by atoms with Gasteiger partial charge in [-0.3, -0.25) is 4.79 Å². The van der Waals surface area contributed by atoms with Crippen LogP contribution in [-0.4, -0.2) is 19.5 Å². The molecule has 0 atom stereocenters. The predicted molar refractivity (Wildman–Crippen MR) is 74.7 cm³/mol. The Balaban J connectivity index is 1.80. The SMILES string of the molecule is O=CNc1ccccc1CCCC1CCNCC1. The molecular formula is C15H22N2O. The first kappa shape index (κ1) is 13.1. The van der Waals surface area contributed by atoms with Gasteiger partial charge in [0.2, 0.25) is 6.41 Å². The van der Waals surface area contributed by atoms with Gasteiger partial charge in [0.15, 0.2) is 0 Å². The summed E-state index contributed by atoms with van der Waals surface area (Å²) in [6, 6.07) is 8.07. The normalized spacial score (nSPS) is 16.4. The van der Waals surface area contributed by atoms with Gasteiger partial charge in [-0.25, -0.2) is 0 Å². The molecule has 0 bridgehead atoms. The monoisotopic (exact) mass is 246 g/mol. The summed E-state index contributed by atoms with van der Waals surface area (Å²) in [5.74, 6) is 0.887. The average molecular weight is 246 g/mol. The van der Waals surface area contributed by atoms with Crippen LogP contribution in [0.5, 0.6) is 0 Å². The maximum absolute atomic E-state index is 10.5. The molecule has 0 aliphatic carbocycles. The van der Waals surface area contributed by atoms with Crippen LogP contribution in [0.3, 0.4) is 0 Å². The van der Waals surface area contributed by atoms with Gasteiger partial charge in [0.1, 0.15) is 0 Å². The lowest BCUT2D eigenvalue weighted by Gasteiger charge is -2.22. The second kappa shape index (κ2) is 7.17. The number of benzene rings is 1. The summed E-state index contributed by atoms with van der Waals surface area (Å²) in [4.78, 5) is 10.5. The first-order valence-corrected chi connectivity index (χ1v) is 6.89. The molecule has 98 valence electrons. The number of hydrogen-bond acceptors (Lipinski definition) is 2. The van der Waals surface area contributed by atoms with Crippen LogP contribution in [0.1, 0.15) is 31.2 Å². The van der Waals surface area contributed by atoms with Crippen molar-refractivity contribution < 1.29 is 4.79 Å². The van der Waals surface area contributed by atoms with Gasteiger partial charge in [0, 0.05) is 5.69 Å². The number of piperidine rings is 1. The van der Waals surface area contributed by atoms with E-state index in [0.717, 1.165) is 24.4 Å². The Hall–Kier alpha value is -1.35. The van der Waals surface area contributed by atoms with E-state index in [9.17, 15) is 4.79 Å². The van der Waals surface area contributed by atoms with Gasteiger partial charge < -0.3 is 10.6 Å². The summed E-state index contributed by atoms with van der Waals surface area (Å²) < 4.78 is 0. The number of amides is 1. The first-order valence-electron chi connectivity index (χ1n) is 6.89. The van der Waals surface area contributed by atoms with Crippen LogP contribution in [0.2, 0.25) is 0 Å². The molecule has 0 unspecified atom stereocenters. The highest BCUT2D eigenvalue weighted by molar-refractivity contribution is 5.73. The lowest BCUT2D eigenvalue weighted by Crippen LogP contribution is -2.27. The Labute approximate surface area is 109 Å². The Morgan fingerprint density at radius 1 is 1.28 bits per heavy atom. The third-order valence-electron chi connectivity index (χ3n) is 3.75. The quantitative estimate of drug-likeness (QED) is 0.757. The molecule has 1 aliphatic heterocycles. The molecule has 2 N–H and O–H groups in total. The highest BCUT2D eigenvalue weighted by Gasteiger charge is 2.12. The number of carbonyl (C=O) groups excluding carboxylic acids is 1. The third kappa shape index (κ3) is 3.84. The number of para-hydroxylation sites is 1. The molecule has 1 aromatic carbocycles. The maximum atomic E-state index is 10.5.